The molecule has 0 radical (unpaired) electrons. The third kappa shape index (κ3) is 3.92. The Morgan fingerprint density at radius 3 is 2.56 bits per heavy atom. The molecule has 6 nitrogen and oxygen atoms in total. The van der Waals surface area contributed by atoms with Crippen molar-refractivity contribution in [2.45, 2.75) is 6.61 Å². The Morgan fingerprint density at radius 1 is 1.00 bits per heavy atom. The minimum absolute atomic E-state index is 0.0435. The van der Waals surface area contributed by atoms with E-state index in [4.69, 9.17) is 4.74 Å². The molecule has 0 bridgehead atoms. The number of methoxy groups -OCH3 is 1. The average molecular weight is 336 g/mol. The predicted octanol–water partition coefficient (Wildman–Crippen LogP) is 3.02. The fraction of sp³-hybridized carbons (Fsp3) is 0.105. The lowest BCUT2D eigenvalue weighted by Gasteiger charge is -2.05. The Morgan fingerprint density at radius 2 is 1.80 bits per heavy atom. The van der Waals surface area contributed by atoms with Gasteiger partial charge in [0.1, 0.15) is 6.61 Å². The standard InChI is InChI=1S/C19H16N2O4/c1-24-18(22)15-7-5-6-14(12-15)13-25-19(23)17-10-11-21(20-17)16-8-3-2-4-9-16/h2-12H,13H2,1H3. The molecular formula is C19H16N2O4. The van der Waals surface area contributed by atoms with Crippen molar-refractivity contribution in [2.24, 2.45) is 0 Å². The number of ether oxygens (including phenoxy) is 2. The van der Waals surface area contributed by atoms with Crippen molar-refractivity contribution in [1.82, 2.24) is 9.78 Å². The van der Waals surface area contributed by atoms with Gasteiger partial charge in [-0.05, 0) is 35.9 Å². The predicted molar refractivity (Wildman–Crippen MR) is 90.5 cm³/mol. The molecule has 0 fully saturated rings. The highest BCUT2D eigenvalue weighted by Gasteiger charge is 2.13. The Bertz CT molecular complexity index is 887. The molecule has 1 heterocycles. The second kappa shape index (κ2) is 7.44. The third-order valence-corrected chi connectivity index (χ3v) is 3.54. The van der Waals surface area contributed by atoms with Crippen molar-refractivity contribution in [3.63, 3.8) is 0 Å². The molecule has 0 aliphatic rings. The summed E-state index contributed by atoms with van der Waals surface area (Å²) >= 11 is 0. The summed E-state index contributed by atoms with van der Waals surface area (Å²) in [5.41, 5.74) is 2.17. The van der Waals surface area contributed by atoms with Crippen LogP contribution >= 0.6 is 0 Å². The number of aromatic nitrogens is 2. The van der Waals surface area contributed by atoms with Crippen molar-refractivity contribution in [1.29, 1.82) is 0 Å². The molecule has 0 amide bonds. The largest absolute Gasteiger partial charge is 0.465 e. The zero-order chi connectivity index (χ0) is 17.6. The highest BCUT2D eigenvalue weighted by molar-refractivity contribution is 5.89. The van der Waals surface area contributed by atoms with Crippen LogP contribution in [0.15, 0.2) is 66.9 Å². The van der Waals surface area contributed by atoms with Crippen LogP contribution in [-0.4, -0.2) is 28.8 Å². The quantitative estimate of drug-likeness (QED) is 0.670. The van der Waals surface area contributed by atoms with Crippen LogP contribution in [0.5, 0.6) is 0 Å². The SMILES string of the molecule is COC(=O)c1cccc(COC(=O)c2ccn(-c3ccccc3)n2)c1. The van der Waals surface area contributed by atoms with E-state index in [0.717, 1.165) is 5.69 Å². The van der Waals surface area contributed by atoms with Crippen LogP contribution in [0, 0.1) is 0 Å². The highest BCUT2D eigenvalue weighted by Crippen LogP contribution is 2.11. The molecule has 0 atom stereocenters. The van der Waals surface area contributed by atoms with Gasteiger partial charge < -0.3 is 9.47 Å². The Labute approximate surface area is 144 Å². The molecule has 0 saturated heterocycles. The minimum Gasteiger partial charge on any atom is -0.465 e. The smallest absolute Gasteiger partial charge is 0.359 e. The molecule has 3 rings (SSSR count). The first kappa shape index (κ1) is 16.4. The van der Waals surface area contributed by atoms with Gasteiger partial charge in [-0.2, -0.15) is 5.10 Å². The number of esters is 2. The van der Waals surface area contributed by atoms with E-state index in [1.54, 1.807) is 41.2 Å². The summed E-state index contributed by atoms with van der Waals surface area (Å²) in [5.74, 6) is -0.965. The molecule has 2 aromatic carbocycles. The topological polar surface area (TPSA) is 70.4 Å². The molecule has 1 aromatic heterocycles. The van der Waals surface area contributed by atoms with Crippen molar-refractivity contribution in [2.75, 3.05) is 7.11 Å². The van der Waals surface area contributed by atoms with Crippen LogP contribution in [0.1, 0.15) is 26.4 Å². The van der Waals surface area contributed by atoms with E-state index >= 15 is 0 Å². The summed E-state index contributed by atoms with van der Waals surface area (Å²) in [6.07, 6.45) is 1.70. The maximum absolute atomic E-state index is 12.1. The minimum atomic E-state index is -0.529. The number of carbonyl (C=O) groups is 2. The monoisotopic (exact) mass is 336 g/mol. The second-order valence-corrected chi connectivity index (χ2v) is 5.25. The molecule has 0 N–H and O–H groups in total. The van der Waals surface area contributed by atoms with Crippen LogP contribution in [0.2, 0.25) is 0 Å². The fourth-order valence-electron chi connectivity index (χ4n) is 2.29. The van der Waals surface area contributed by atoms with Gasteiger partial charge in [0.05, 0.1) is 18.4 Å². The van der Waals surface area contributed by atoms with Gasteiger partial charge in [-0.15, -0.1) is 0 Å². The number of carbonyl (C=O) groups excluding carboxylic acids is 2. The van der Waals surface area contributed by atoms with Crippen LogP contribution in [0.3, 0.4) is 0 Å². The van der Waals surface area contributed by atoms with Crippen LogP contribution in [-0.2, 0) is 16.1 Å². The normalized spacial score (nSPS) is 10.3. The molecule has 0 spiro atoms. The summed E-state index contributed by atoms with van der Waals surface area (Å²) in [7, 11) is 1.32. The number of hydrogen-bond acceptors (Lipinski definition) is 5. The lowest BCUT2D eigenvalue weighted by Crippen LogP contribution is -2.08. The summed E-state index contributed by atoms with van der Waals surface area (Å²) in [4.78, 5) is 23.7. The van der Waals surface area contributed by atoms with Crippen LogP contribution < -0.4 is 0 Å². The van der Waals surface area contributed by atoms with Crippen molar-refractivity contribution in [3.05, 3.63) is 83.7 Å². The first-order valence-corrected chi connectivity index (χ1v) is 7.63. The molecule has 126 valence electrons. The van der Waals surface area contributed by atoms with E-state index in [-0.39, 0.29) is 12.3 Å². The first-order valence-electron chi connectivity index (χ1n) is 7.63. The van der Waals surface area contributed by atoms with E-state index < -0.39 is 11.9 Å². The van der Waals surface area contributed by atoms with Gasteiger partial charge in [-0.25, -0.2) is 14.3 Å². The van der Waals surface area contributed by atoms with E-state index in [2.05, 4.69) is 9.84 Å². The van der Waals surface area contributed by atoms with Crippen LogP contribution in [0.4, 0.5) is 0 Å². The van der Waals surface area contributed by atoms with Crippen molar-refractivity contribution in [3.8, 4) is 5.69 Å². The van der Waals surface area contributed by atoms with Gasteiger partial charge in [-0.3, -0.25) is 0 Å². The van der Waals surface area contributed by atoms with Crippen molar-refractivity contribution >= 4 is 11.9 Å². The van der Waals surface area contributed by atoms with Crippen molar-refractivity contribution < 1.29 is 19.1 Å². The Hall–Kier alpha value is -3.41. The summed E-state index contributed by atoms with van der Waals surface area (Å²) in [5, 5.41) is 4.22. The fourth-order valence-corrected chi connectivity index (χ4v) is 2.29. The van der Waals surface area contributed by atoms with E-state index in [9.17, 15) is 9.59 Å². The molecule has 0 aliphatic heterocycles. The van der Waals surface area contributed by atoms with E-state index in [1.807, 2.05) is 30.3 Å². The molecule has 0 aliphatic carbocycles. The summed E-state index contributed by atoms with van der Waals surface area (Å²) in [6.45, 7) is 0.0435. The molecule has 25 heavy (non-hydrogen) atoms. The first-order chi connectivity index (χ1) is 12.2. The zero-order valence-corrected chi connectivity index (χ0v) is 13.6. The van der Waals surface area contributed by atoms with Gasteiger partial charge in [0.25, 0.3) is 0 Å². The van der Waals surface area contributed by atoms with Gasteiger partial charge >= 0.3 is 11.9 Å². The number of benzene rings is 2. The maximum atomic E-state index is 12.1. The number of nitrogens with zero attached hydrogens (tertiary/aromatic N) is 2. The molecule has 3 aromatic rings. The van der Waals surface area contributed by atoms with Gasteiger partial charge in [0, 0.05) is 6.20 Å². The Balaban J connectivity index is 1.65. The van der Waals surface area contributed by atoms with Gasteiger partial charge in [0.2, 0.25) is 0 Å². The average Bonchev–Trinajstić information content (AvgIpc) is 3.17. The lowest BCUT2D eigenvalue weighted by atomic mass is 10.1. The third-order valence-electron chi connectivity index (χ3n) is 3.54. The van der Waals surface area contributed by atoms with E-state index in [0.29, 0.717) is 11.1 Å². The second-order valence-electron chi connectivity index (χ2n) is 5.25. The number of hydrogen-bond donors (Lipinski definition) is 0. The van der Waals surface area contributed by atoms with Crippen LogP contribution in [0.25, 0.3) is 5.69 Å². The number of para-hydroxylation sites is 1. The zero-order valence-electron chi connectivity index (χ0n) is 13.6. The summed E-state index contributed by atoms with van der Waals surface area (Å²) < 4.78 is 11.5. The van der Waals surface area contributed by atoms with Gasteiger partial charge in [-0.1, -0.05) is 30.3 Å². The highest BCUT2D eigenvalue weighted by atomic mass is 16.5. The molecule has 0 saturated carbocycles. The number of rotatable bonds is 5. The maximum Gasteiger partial charge on any atom is 0.359 e. The molecule has 6 heteroatoms. The Kier molecular flexibility index (Phi) is 4.89. The molecule has 0 unspecified atom stereocenters. The molecular weight excluding hydrogens is 320 g/mol. The lowest BCUT2D eigenvalue weighted by molar-refractivity contribution is 0.0465. The van der Waals surface area contributed by atoms with Gasteiger partial charge in [0.15, 0.2) is 5.69 Å². The summed E-state index contributed by atoms with van der Waals surface area (Å²) in [6, 6.07) is 17.8. The van der Waals surface area contributed by atoms with E-state index in [1.165, 1.54) is 7.11 Å².